The fourth-order valence-electron chi connectivity index (χ4n) is 1.43. The van der Waals surface area contributed by atoms with E-state index < -0.39 is 12.0 Å². The molecule has 0 aliphatic heterocycles. The Kier molecular flexibility index (Phi) is 4.49. The van der Waals surface area contributed by atoms with E-state index in [0.29, 0.717) is 15.7 Å². The van der Waals surface area contributed by atoms with Gasteiger partial charge in [0.05, 0.1) is 15.7 Å². The number of hydrogen-bond acceptors (Lipinski definition) is 3. The molecule has 104 valence electrons. The molecule has 0 radical (unpaired) electrons. The molecule has 0 fully saturated rings. The molecule has 2 aromatic rings. The number of carbonyl (C=O) groups excluding carboxylic acids is 1. The molecule has 2 amide bonds. The fourth-order valence-corrected chi connectivity index (χ4v) is 2.42. The summed E-state index contributed by atoms with van der Waals surface area (Å²) in [6.07, 6.45) is 0. The fraction of sp³-hybridized carbons (Fsp3) is 0. The lowest BCUT2D eigenvalue weighted by Crippen LogP contribution is -2.20. The monoisotopic (exact) mass is 330 g/mol. The Morgan fingerprint density at radius 2 is 1.85 bits per heavy atom. The second kappa shape index (κ2) is 6.13. The maximum absolute atomic E-state index is 11.8. The van der Waals surface area contributed by atoms with Crippen molar-refractivity contribution in [3.63, 3.8) is 0 Å². The van der Waals surface area contributed by atoms with Crippen molar-refractivity contribution in [3.05, 3.63) is 44.6 Å². The first-order chi connectivity index (χ1) is 9.47. The van der Waals surface area contributed by atoms with Gasteiger partial charge >= 0.3 is 12.0 Å². The predicted molar refractivity (Wildman–Crippen MR) is 80.4 cm³/mol. The van der Waals surface area contributed by atoms with Crippen LogP contribution in [0.25, 0.3) is 0 Å². The summed E-state index contributed by atoms with van der Waals surface area (Å²) in [5.41, 5.74) is 0.684. The highest BCUT2D eigenvalue weighted by atomic mass is 35.5. The molecule has 0 unspecified atom stereocenters. The molecule has 0 saturated heterocycles. The van der Waals surface area contributed by atoms with Crippen LogP contribution in [0.2, 0.25) is 10.0 Å². The minimum atomic E-state index is -1.09. The van der Waals surface area contributed by atoms with Gasteiger partial charge in [0, 0.05) is 5.69 Å². The van der Waals surface area contributed by atoms with Crippen molar-refractivity contribution >= 4 is 57.9 Å². The third kappa shape index (κ3) is 3.41. The van der Waals surface area contributed by atoms with Crippen LogP contribution in [0.3, 0.4) is 0 Å². The quantitative estimate of drug-likeness (QED) is 0.780. The Balaban J connectivity index is 2.07. The Labute approximate surface area is 128 Å². The Bertz CT molecular complexity index is 672. The lowest BCUT2D eigenvalue weighted by atomic mass is 10.3. The Morgan fingerprint density at radius 1 is 1.10 bits per heavy atom. The van der Waals surface area contributed by atoms with Gasteiger partial charge in [0.2, 0.25) is 0 Å². The Hall–Kier alpha value is -1.76. The highest BCUT2D eigenvalue weighted by Gasteiger charge is 2.14. The predicted octanol–water partition coefficient (Wildman–Crippen LogP) is 4.40. The van der Waals surface area contributed by atoms with E-state index in [1.54, 1.807) is 17.5 Å². The van der Waals surface area contributed by atoms with Crippen LogP contribution in [0.4, 0.5) is 16.2 Å². The molecular weight excluding hydrogens is 323 g/mol. The lowest BCUT2D eigenvalue weighted by Gasteiger charge is -2.08. The molecule has 1 aromatic heterocycles. The van der Waals surface area contributed by atoms with Crippen LogP contribution < -0.4 is 10.6 Å². The van der Waals surface area contributed by atoms with Crippen molar-refractivity contribution in [3.8, 4) is 0 Å². The zero-order chi connectivity index (χ0) is 14.7. The van der Waals surface area contributed by atoms with Gasteiger partial charge in [-0.1, -0.05) is 23.2 Å². The van der Waals surface area contributed by atoms with E-state index in [0.717, 1.165) is 11.3 Å². The maximum Gasteiger partial charge on any atom is 0.348 e. The van der Waals surface area contributed by atoms with Crippen molar-refractivity contribution in [1.29, 1.82) is 0 Å². The minimum Gasteiger partial charge on any atom is -0.477 e. The molecule has 3 N–H and O–H groups in total. The summed E-state index contributed by atoms with van der Waals surface area (Å²) >= 11 is 12.6. The average molecular weight is 331 g/mol. The van der Waals surface area contributed by atoms with E-state index in [-0.39, 0.29) is 10.6 Å². The average Bonchev–Trinajstić information content (AvgIpc) is 2.82. The first-order valence-corrected chi connectivity index (χ1v) is 6.95. The molecule has 0 spiro atoms. The standard InChI is InChI=1S/C12H8Cl2N2O3S/c13-7-2-1-6(5-8(7)14)15-12(19)16-9-3-4-20-10(9)11(17)18/h1-5H,(H,17,18)(H2,15,16,19). The van der Waals surface area contributed by atoms with Crippen LogP contribution in [-0.2, 0) is 0 Å². The Morgan fingerprint density at radius 3 is 2.50 bits per heavy atom. The van der Waals surface area contributed by atoms with Crippen LogP contribution in [0, 0.1) is 0 Å². The molecule has 0 atom stereocenters. The van der Waals surface area contributed by atoms with Gasteiger partial charge in [0.1, 0.15) is 4.88 Å². The van der Waals surface area contributed by atoms with Gasteiger partial charge in [0.15, 0.2) is 0 Å². The normalized spacial score (nSPS) is 10.1. The molecule has 20 heavy (non-hydrogen) atoms. The number of carbonyl (C=O) groups is 2. The number of thiophene rings is 1. The molecule has 0 bridgehead atoms. The van der Waals surface area contributed by atoms with E-state index in [2.05, 4.69) is 10.6 Å². The summed E-state index contributed by atoms with van der Waals surface area (Å²) in [5.74, 6) is -1.09. The number of aromatic carboxylic acids is 1. The number of rotatable bonds is 3. The molecule has 0 saturated carbocycles. The number of nitrogens with one attached hydrogen (secondary N) is 2. The topological polar surface area (TPSA) is 78.4 Å². The second-order valence-electron chi connectivity index (χ2n) is 3.68. The van der Waals surface area contributed by atoms with E-state index in [1.807, 2.05) is 0 Å². The number of anilines is 2. The summed E-state index contributed by atoms with van der Waals surface area (Å²) in [6, 6.07) is 5.58. The minimum absolute atomic E-state index is 0.0642. The first-order valence-electron chi connectivity index (χ1n) is 5.31. The number of halogens is 2. The van der Waals surface area contributed by atoms with Crippen LogP contribution in [0.15, 0.2) is 29.6 Å². The van der Waals surface area contributed by atoms with Crippen molar-refractivity contribution in [2.45, 2.75) is 0 Å². The van der Waals surface area contributed by atoms with Gasteiger partial charge in [-0.15, -0.1) is 11.3 Å². The van der Waals surface area contributed by atoms with E-state index in [4.69, 9.17) is 28.3 Å². The second-order valence-corrected chi connectivity index (χ2v) is 5.41. The summed E-state index contributed by atoms with van der Waals surface area (Å²) in [7, 11) is 0. The molecule has 5 nitrogen and oxygen atoms in total. The molecular formula is C12H8Cl2N2O3S. The van der Waals surface area contributed by atoms with Gasteiger partial charge < -0.3 is 15.7 Å². The number of amides is 2. The van der Waals surface area contributed by atoms with Gasteiger partial charge in [-0.2, -0.15) is 0 Å². The SMILES string of the molecule is O=C(Nc1ccc(Cl)c(Cl)c1)Nc1ccsc1C(=O)O. The highest BCUT2D eigenvalue weighted by molar-refractivity contribution is 7.12. The zero-order valence-electron chi connectivity index (χ0n) is 9.81. The van der Waals surface area contributed by atoms with Gasteiger partial charge in [0.25, 0.3) is 0 Å². The number of carboxylic acids is 1. The van der Waals surface area contributed by atoms with E-state index >= 15 is 0 Å². The number of benzene rings is 1. The van der Waals surface area contributed by atoms with Crippen LogP contribution in [0.1, 0.15) is 9.67 Å². The third-order valence-electron chi connectivity index (χ3n) is 2.29. The van der Waals surface area contributed by atoms with Crippen molar-refractivity contribution in [1.82, 2.24) is 0 Å². The summed E-state index contributed by atoms with van der Waals surface area (Å²) in [5, 5.41) is 16.2. The van der Waals surface area contributed by atoms with E-state index in [9.17, 15) is 9.59 Å². The first kappa shape index (κ1) is 14.6. The number of urea groups is 1. The third-order valence-corrected chi connectivity index (χ3v) is 3.93. The van der Waals surface area contributed by atoms with E-state index in [1.165, 1.54) is 12.1 Å². The smallest absolute Gasteiger partial charge is 0.348 e. The van der Waals surface area contributed by atoms with Crippen molar-refractivity contribution in [2.75, 3.05) is 10.6 Å². The summed E-state index contributed by atoms with van der Waals surface area (Å²) < 4.78 is 0. The molecule has 0 aliphatic carbocycles. The summed E-state index contributed by atoms with van der Waals surface area (Å²) in [6.45, 7) is 0. The largest absolute Gasteiger partial charge is 0.477 e. The molecule has 1 aromatic carbocycles. The molecule has 1 heterocycles. The number of carboxylic acid groups (broad SMARTS) is 1. The summed E-state index contributed by atoms with van der Waals surface area (Å²) in [4.78, 5) is 22.7. The van der Waals surface area contributed by atoms with Crippen LogP contribution >= 0.6 is 34.5 Å². The van der Waals surface area contributed by atoms with Crippen molar-refractivity contribution in [2.24, 2.45) is 0 Å². The van der Waals surface area contributed by atoms with Gasteiger partial charge in [-0.25, -0.2) is 9.59 Å². The van der Waals surface area contributed by atoms with Gasteiger partial charge in [-0.05, 0) is 29.6 Å². The molecule has 0 aliphatic rings. The highest BCUT2D eigenvalue weighted by Crippen LogP contribution is 2.26. The zero-order valence-corrected chi connectivity index (χ0v) is 12.1. The van der Waals surface area contributed by atoms with Gasteiger partial charge in [-0.3, -0.25) is 0 Å². The lowest BCUT2D eigenvalue weighted by molar-refractivity contribution is 0.0703. The van der Waals surface area contributed by atoms with Crippen LogP contribution in [-0.4, -0.2) is 17.1 Å². The molecule has 8 heteroatoms. The van der Waals surface area contributed by atoms with Crippen molar-refractivity contribution < 1.29 is 14.7 Å². The molecule has 2 rings (SSSR count). The maximum atomic E-state index is 11.8. The number of hydrogen-bond donors (Lipinski definition) is 3. The van der Waals surface area contributed by atoms with Crippen LogP contribution in [0.5, 0.6) is 0 Å².